The third kappa shape index (κ3) is 4.84. The molecule has 2 aliphatic heterocycles. The molecule has 2 aromatic rings. The van der Waals surface area contributed by atoms with E-state index < -0.39 is 6.36 Å². The topological polar surface area (TPSA) is 80.9 Å². The van der Waals surface area contributed by atoms with Crippen molar-refractivity contribution >= 4 is 6.03 Å². The number of carbonyl (C=O) groups excluding carboxylic acids is 1. The van der Waals surface area contributed by atoms with Gasteiger partial charge in [0.05, 0.1) is 19.1 Å². The monoisotopic (exact) mass is 426 g/mol. The molecule has 0 bridgehead atoms. The number of likely N-dealkylation sites (tertiary alicyclic amines) is 1. The van der Waals surface area contributed by atoms with Crippen molar-refractivity contribution in [3.8, 4) is 5.75 Å². The summed E-state index contributed by atoms with van der Waals surface area (Å²) in [6.07, 6.45) is -2.79. The number of rotatable bonds is 3. The summed E-state index contributed by atoms with van der Waals surface area (Å²) in [5, 5.41) is 3.66. The zero-order chi connectivity index (χ0) is 21.1. The molecule has 0 radical (unpaired) electrons. The number of halogens is 3. The molecule has 0 N–H and O–H groups in total. The van der Waals surface area contributed by atoms with Gasteiger partial charge in [-0.05, 0) is 24.1 Å². The predicted octanol–water partition coefficient (Wildman–Crippen LogP) is 2.99. The van der Waals surface area contributed by atoms with Crippen LogP contribution in [0, 0.1) is 0 Å². The molecule has 2 fully saturated rings. The number of hydrogen-bond donors (Lipinski definition) is 0. The molecule has 1 aromatic heterocycles. The van der Waals surface area contributed by atoms with Crippen LogP contribution in [0.5, 0.6) is 5.75 Å². The van der Waals surface area contributed by atoms with Gasteiger partial charge in [0.15, 0.2) is 6.33 Å². The van der Waals surface area contributed by atoms with Crippen molar-refractivity contribution in [2.24, 2.45) is 0 Å². The number of carbonyl (C=O) groups is 1. The largest absolute Gasteiger partial charge is 0.573 e. The van der Waals surface area contributed by atoms with Crippen molar-refractivity contribution in [3.63, 3.8) is 0 Å². The number of hydrogen-bond acceptors (Lipinski definition) is 6. The lowest BCUT2D eigenvalue weighted by Crippen LogP contribution is -2.52. The van der Waals surface area contributed by atoms with E-state index in [1.165, 1.54) is 18.5 Å². The molecule has 2 saturated heterocycles. The first kappa shape index (κ1) is 20.5. The van der Waals surface area contributed by atoms with Crippen LogP contribution >= 0.6 is 0 Å². The number of morpholine rings is 1. The summed E-state index contributed by atoms with van der Waals surface area (Å²) in [5.74, 6) is -0.101. The van der Waals surface area contributed by atoms with E-state index in [0.717, 1.165) is 5.56 Å². The maximum atomic E-state index is 13.0. The van der Waals surface area contributed by atoms with Crippen molar-refractivity contribution in [2.75, 3.05) is 39.4 Å². The lowest BCUT2D eigenvalue weighted by molar-refractivity contribution is -0.274. The predicted molar refractivity (Wildman–Crippen MR) is 96.9 cm³/mol. The SMILES string of the molecule is O=C(N1CCOCC1)N1CC(c2ccc(OC(F)(F)F)cc2)CC(c2ncno2)C1. The van der Waals surface area contributed by atoms with Gasteiger partial charge in [0.2, 0.25) is 5.89 Å². The fraction of sp³-hybridized carbons (Fsp3) is 0.526. The Hall–Kier alpha value is -2.82. The smallest absolute Gasteiger partial charge is 0.406 e. The zero-order valence-corrected chi connectivity index (χ0v) is 16.0. The van der Waals surface area contributed by atoms with E-state index in [9.17, 15) is 18.0 Å². The number of alkyl halides is 3. The number of amides is 2. The van der Waals surface area contributed by atoms with E-state index in [1.807, 2.05) is 0 Å². The van der Waals surface area contributed by atoms with Crippen molar-refractivity contribution in [3.05, 3.63) is 42.0 Å². The fourth-order valence-corrected chi connectivity index (χ4v) is 3.93. The lowest BCUT2D eigenvalue weighted by Gasteiger charge is -2.40. The normalized spacial score (nSPS) is 22.8. The van der Waals surface area contributed by atoms with Crippen molar-refractivity contribution in [1.29, 1.82) is 0 Å². The molecule has 0 aliphatic carbocycles. The molecule has 2 amide bonds. The van der Waals surface area contributed by atoms with E-state index in [0.29, 0.717) is 51.7 Å². The van der Waals surface area contributed by atoms with Crippen LogP contribution in [0.2, 0.25) is 0 Å². The number of nitrogens with zero attached hydrogens (tertiary/aromatic N) is 4. The van der Waals surface area contributed by atoms with Gasteiger partial charge in [0, 0.05) is 32.1 Å². The molecule has 1 aromatic carbocycles. The number of piperidine rings is 1. The molecule has 0 saturated carbocycles. The summed E-state index contributed by atoms with van der Waals surface area (Å²) in [6.45, 7) is 2.92. The Labute approximate surface area is 170 Å². The maximum Gasteiger partial charge on any atom is 0.573 e. The van der Waals surface area contributed by atoms with Gasteiger partial charge in [-0.2, -0.15) is 4.98 Å². The molecule has 3 heterocycles. The molecule has 0 spiro atoms. The molecule has 2 atom stereocenters. The second-order valence-corrected chi connectivity index (χ2v) is 7.31. The highest BCUT2D eigenvalue weighted by Crippen LogP contribution is 2.36. The summed E-state index contributed by atoms with van der Waals surface area (Å²) in [5.41, 5.74) is 0.813. The van der Waals surface area contributed by atoms with Gasteiger partial charge in [-0.1, -0.05) is 17.3 Å². The van der Waals surface area contributed by atoms with Gasteiger partial charge in [0.25, 0.3) is 0 Å². The van der Waals surface area contributed by atoms with Gasteiger partial charge in [-0.15, -0.1) is 13.2 Å². The third-order valence-electron chi connectivity index (χ3n) is 5.32. The highest BCUT2D eigenvalue weighted by atomic mass is 19.4. The number of urea groups is 1. The molecule has 2 aliphatic rings. The van der Waals surface area contributed by atoms with Gasteiger partial charge >= 0.3 is 12.4 Å². The molecule has 2 unspecified atom stereocenters. The van der Waals surface area contributed by atoms with Gasteiger partial charge < -0.3 is 23.8 Å². The van der Waals surface area contributed by atoms with Crippen LogP contribution in [-0.2, 0) is 4.74 Å². The Bertz CT molecular complexity index is 838. The quantitative estimate of drug-likeness (QED) is 0.751. The minimum absolute atomic E-state index is 0.0930. The van der Waals surface area contributed by atoms with E-state index in [1.54, 1.807) is 21.9 Å². The van der Waals surface area contributed by atoms with Crippen LogP contribution in [0.1, 0.15) is 29.7 Å². The Balaban J connectivity index is 1.53. The van der Waals surface area contributed by atoms with Crippen LogP contribution in [-0.4, -0.2) is 71.7 Å². The van der Waals surface area contributed by atoms with Crippen LogP contribution in [0.4, 0.5) is 18.0 Å². The van der Waals surface area contributed by atoms with Crippen LogP contribution in [0.15, 0.2) is 35.1 Å². The molecular formula is C19H21F3N4O4. The average molecular weight is 426 g/mol. The van der Waals surface area contributed by atoms with Crippen LogP contribution < -0.4 is 4.74 Å². The van der Waals surface area contributed by atoms with Gasteiger partial charge in [0.1, 0.15) is 5.75 Å². The van der Waals surface area contributed by atoms with Gasteiger partial charge in [-0.3, -0.25) is 0 Å². The summed E-state index contributed by atoms with van der Waals surface area (Å²) in [4.78, 5) is 20.7. The first-order chi connectivity index (χ1) is 14.4. The zero-order valence-electron chi connectivity index (χ0n) is 16.0. The van der Waals surface area contributed by atoms with Crippen molar-refractivity contribution in [2.45, 2.75) is 24.6 Å². The Morgan fingerprint density at radius 2 is 1.77 bits per heavy atom. The molecule has 162 valence electrons. The second kappa shape index (κ2) is 8.50. The van der Waals surface area contributed by atoms with Crippen LogP contribution in [0.3, 0.4) is 0 Å². The molecular weight excluding hydrogens is 405 g/mol. The highest BCUT2D eigenvalue weighted by molar-refractivity contribution is 5.75. The fourth-order valence-electron chi connectivity index (χ4n) is 3.93. The lowest BCUT2D eigenvalue weighted by atomic mass is 9.84. The number of aromatic nitrogens is 2. The van der Waals surface area contributed by atoms with Crippen LogP contribution in [0.25, 0.3) is 0 Å². The summed E-state index contributed by atoms with van der Waals surface area (Å²) < 4.78 is 51.7. The highest BCUT2D eigenvalue weighted by Gasteiger charge is 2.36. The number of ether oxygens (including phenoxy) is 2. The average Bonchev–Trinajstić information content (AvgIpc) is 3.28. The maximum absolute atomic E-state index is 13.0. The van der Waals surface area contributed by atoms with E-state index in [2.05, 4.69) is 14.9 Å². The first-order valence-corrected chi connectivity index (χ1v) is 9.63. The van der Waals surface area contributed by atoms with Crippen molar-refractivity contribution in [1.82, 2.24) is 19.9 Å². The molecule has 30 heavy (non-hydrogen) atoms. The standard InChI is InChI=1S/C19H21F3N4O4/c20-19(21,22)29-16-3-1-13(2-4-16)14-9-15(17-23-12-24-30-17)11-26(10-14)18(27)25-5-7-28-8-6-25/h1-4,12,14-15H,5-11H2. The van der Waals surface area contributed by atoms with Gasteiger partial charge in [-0.25, -0.2) is 4.79 Å². The Morgan fingerprint density at radius 3 is 2.40 bits per heavy atom. The summed E-state index contributed by atoms with van der Waals surface area (Å²) >= 11 is 0. The first-order valence-electron chi connectivity index (χ1n) is 9.63. The van der Waals surface area contributed by atoms with E-state index in [4.69, 9.17) is 9.26 Å². The molecule has 8 nitrogen and oxygen atoms in total. The minimum atomic E-state index is -4.74. The molecule has 4 rings (SSSR count). The third-order valence-corrected chi connectivity index (χ3v) is 5.32. The summed E-state index contributed by atoms with van der Waals surface area (Å²) in [6, 6.07) is 5.67. The Kier molecular flexibility index (Phi) is 5.80. The van der Waals surface area contributed by atoms with E-state index in [-0.39, 0.29) is 23.6 Å². The van der Waals surface area contributed by atoms with Crippen molar-refractivity contribution < 1.29 is 32.0 Å². The second-order valence-electron chi connectivity index (χ2n) is 7.31. The minimum Gasteiger partial charge on any atom is -0.406 e. The molecule has 11 heteroatoms. The summed E-state index contributed by atoms with van der Waals surface area (Å²) in [7, 11) is 0. The Morgan fingerprint density at radius 1 is 1.07 bits per heavy atom. The number of benzene rings is 1. The van der Waals surface area contributed by atoms with E-state index >= 15 is 0 Å².